The Hall–Kier alpha value is -1.40. The summed E-state index contributed by atoms with van der Waals surface area (Å²) < 4.78 is 31.8. The predicted molar refractivity (Wildman–Crippen MR) is 72.5 cm³/mol. The van der Waals surface area contributed by atoms with E-state index in [1.165, 1.54) is 4.31 Å². The smallest absolute Gasteiger partial charge is 0.313 e. The second-order valence-electron chi connectivity index (χ2n) is 5.73. The molecule has 2 fully saturated rings. The van der Waals surface area contributed by atoms with Crippen molar-refractivity contribution in [2.75, 3.05) is 13.1 Å². The average molecular weight is 295 g/mol. The number of nitrogens with zero attached hydrogens (tertiary/aromatic N) is 1. The van der Waals surface area contributed by atoms with Crippen LogP contribution in [0.1, 0.15) is 18.9 Å². The highest BCUT2D eigenvalue weighted by Crippen LogP contribution is 2.41. The second-order valence-corrected chi connectivity index (χ2v) is 7.66. The van der Waals surface area contributed by atoms with Gasteiger partial charge in [-0.2, -0.15) is 4.31 Å². The van der Waals surface area contributed by atoms with Gasteiger partial charge in [0.2, 0.25) is 10.0 Å². The molecule has 2 aliphatic rings. The maximum absolute atomic E-state index is 12.6. The fourth-order valence-corrected chi connectivity index (χ4v) is 4.45. The molecule has 0 aromatic heterocycles. The van der Waals surface area contributed by atoms with E-state index in [9.17, 15) is 13.2 Å². The Balaban J connectivity index is 1.86. The van der Waals surface area contributed by atoms with Gasteiger partial charge in [-0.05, 0) is 32.4 Å². The minimum atomic E-state index is -3.51. The standard InChI is InChI=1S/C14H17NO4S/c1-10-3-5-11(6-4-10)20(17,18)15-8-7-12-13(16)19-14(12,2)9-15/h3-6,12H,7-9H2,1-2H3/t12-,14-/m1/s1. The third-order valence-electron chi connectivity index (χ3n) is 4.17. The van der Waals surface area contributed by atoms with E-state index in [2.05, 4.69) is 0 Å². The largest absolute Gasteiger partial charge is 0.457 e. The second kappa shape index (κ2) is 4.30. The molecule has 2 saturated heterocycles. The monoisotopic (exact) mass is 295 g/mol. The van der Waals surface area contributed by atoms with Crippen LogP contribution in [-0.2, 0) is 19.6 Å². The van der Waals surface area contributed by atoms with E-state index in [1.54, 1.807) is 31.2 Å². The summed E-state index contributed by atoms with van der Waals surface area (Å²) in [6.45, 7) is 4.32. The Bertz CT molecular complexity index is 652. The zero-order valence-corrected chi connectivity index (χ0v) is 12.3. The molecule has 3 rings (SSSR count). The topological polar surface area (TPSA) is 63.7 Å². The minimum absolute atomic E-state index is 0.160. The zero-order chi connectivity index (χ0) is 14.5. The van der Waals surface area contributed by atoms with Crippen molar-refractivity contribution >= 4 is 16.0 Å². The third-order valence-corrected chi connectivity index (χ3v) is 6.03. The van der Waals surface area contributed by atoms with Crippen molar-refractivity contribution in [3.8, 4) is 0 Å². The van der Waals surface area contributed by atoms with Gasteiger partial charge in [0.15, 0.2) is 0 Å². The summed E-state index contributed by atoms with van der Waals surface area (Å²) >= 11 is 0. The van der Waals surface area contributed by atoms with Gasteiger partial charge in [-0.3, -0.25) is 4.79 Å². The van der Waals surface area contributed by atoms with Gasteiger partial charge in [-0.15, -0.1) is 0 Å². The van der Waals surface area contributed by atoms with Crippen LogP contribution in [0.4, 0.5) is 0 Å². The van der Waals surface area contributed by atoms with Crippen LogP contribution >= 0.6 is 0 Å². The summed E-state index contributed by atoms with van der Waals surface area (Å²) in [4.78, 5) is 11.6. The number of sulfonamides is 1. The molecule has 0 N–H and O–H groups in total. The highest BCUT2D eigenvalue weighted by molar-refractivity contribution is 7.89. The van der Waals surface area contributed by atoms with Crippen LogP contribution < -0.4 is 0 Å². The lowest BCUT2D eigenvalue weighted by molar-refractivity contribution is -0.217. The molecular weight excluding hydrogens is 278 g/mol. The normalized spacial score (nSPS) is 30.3. The van der Waals surface area contributed by atoms with Crippen molar-refractivity contribution in [1.29, 1.82) is 0 Å². The first-order chi connectivity index (χ1) is 9.33. The van der Waals surface area contributed by atoms with Crippen LogP contribution in [-0.4, -0.2) is 37.4 Å². The number of carbonyl (C=O) groups excluding carboxylic acids is 1. The van der Waals surface area contributed by atoms with E-state index in [1.807, 2.05) is 6.92 Å². The van der Waals surface area contributed by atoms with Crippen LogP contribution in [0.5, 0.6) is 0 Å². The summed E-state index contributed by atoms with van der Waals surface area (Å²) in [6, 6.07) is 6.80. The molecule has 1 aromatic rings. The highest BCUT2D eigenvalue weighted by Gasteiger charge is 2.57. The molecule has 5 nitrogen and oxygen atoms in total. The van der Waals surface area contributed by atoms with Gasteiger partial charge in [-0.25, -0.2) is 8.42 Å². The van der Waals surface area contributed by atoms with Crippen molar-refractivity contribution in [2.45, 2.75) is 30.8 Å². The van der Waals surface area contributed by atoms with Crippen molar-refractivity contribution < 1.29 is 17.9 Å². The van der Waals surface area contributed by atoms with Crippen LogP contribution in [0, 0.1) is 12.8 Å². The van der Waals surface area contributed by atoms with Crippen molar-refractivity contribution in [1.82, 2.24) is 4.31 Å². The zero-order valence-electron chi connectivity index (χ0n) is 11.5. The van der Waals surface area contributed by atoms with E-state index >= 15 is 0 Å². The van der Waals surface area contributed by atoms with Gasteiger partial charge >= 0.3 is 5.97 Å². The van der Waals surface area contributed by atoms with Crippen LogP contribution in [0.15, 0.2) is 29.2 Å². The molecule has 0 unspecified atom stereocenters. The van der Waals surface area contributed by atoms with Crippen LogP contribution in [0.3, 0.4) is 0 Å². The number of hydrogen-bond donors (Lipinski definition) is 0. The van der Waals surface area contributed by atoms with Gasteiger partial charge in [0.05, 0.1) is 17.4 Å². The fourth-order valence-electron chi connectivity index (χ4n) is 2.90. The van der Waals surface area contributed by atoms with Crippen molar-refractivity contribution in [3.05, 3.63) is 29.8 Å². The molecule has 0 amide bonds. The summed E-state index contributed by atoms with van der Waals surface area (Å²) in [5.41, 5.74) is 0.357. The highest BCUT2D eigenvalue weighted by atomic mass is 32.2. The number of rotatable bonds is 2. The first kappa shape index (κ1) is 13.6. The average Bonchev–Trinajstić information content (AvgIpc) is 2.37. The van der Waals surface area contributed by atoms with E-state index < -0.39 is 15.6 Å². The van der Waals surface area contributed by atoms with E-state index in [0.717, 1.165) is 5.56 Å². The molecule has 0 saturated carbocycles. The Morgan fingerprint density at radius 3 is 2.50 bits per heavy atom. The maximum Gasteiger partial charge on any atom is 0.313 e. The van der Waals surface area contributed by atoms with Gasteiger partial charge in [0, 0.05) is 6.54 Å². The summed E-state index contributed by atoms with van der Waals surface area (Å²) in [7, 11) is -3.51. The molecule has 20 heavy (non-hydrogen) atoms. The Kier molecular flexibility index (Phi) is 2.92. The van der Waals surface area contributed by atoms with E-state index in [4.69, 9.17) is 4.74 Å². The summed E-state index contributed by atoms with van der Waals surface area (Å²) in [5, 5.41) is 0. The predicted octanol–water partition coefficient (Wildman–Crippen LogP) is 1.32. The third kappa shape index (κ3) is 1.94. The number of ether oxygens (including phenoxy) is 1. The Morgan fingerprint density at radius 1 is 1.30 bits per heavy atom. The molecule has 1 aromatic carbocycles. The number of aryl methyl sites for hydroxylation is 1. The number of esters is 1. The number of hydrogen-bond acceptors (Lipinski definition) is 4. The lowest BCUT2D eigenvalue weighted by atomic mass is 9.78. The van der Waals surface area contributed by atoms with Crippen LogP contribution in [0.25, 0.3) is 0 Å². The number of benzene rings is 1. The van der Waals surface area contributed by atoms with Crippen LogP contribution in [0.2, 0.25) is 0 Å². The number of carbonyl (C=O) groups is 1. The summed E-state index contributed by atoms with van der Waals surface area (Å²) in [5.74, 6) is -0.369. The molecule has 108 valence electrons. The van der Waals surface area contributed by atoms with Gasteiger partial charge in [0.1, 0.15) is 5.60 Å². The van der Waals surface area contributed by atoms with Gasteiger partial charge in [-0.1, -0.05) is 17.7 Å². The van der Waals surface area contributed by atoms with Crippen molar-refractivity contribution in [2.24, 2.45) is 5.92 Å². The lowest BCUT2D eigenvalue weighted by Gasteiger charge is -2.50. The van der Waals surface area contributed by atoms with Crippen molar-refractivity contribution in [3.63, 3.8) is 0 Å². The molecule has 0 radical (unpaired) electrons. The quantitative estimate of drug-likeness (QED) is 0.772. The first-order valence-electron chi connectivity index (χ1n) is 6.63. The molecule has 0 aliphatic carbocycles. The van der Waals surface area contributed by atoms with Gasteiger partial charge < -0.3 is 4.74 Å². The fraction of sp³-hybridized carbons (Fsp3) is 0.500. The molecule has 0 spiro atoms. The maximum atomic E-state index is 12.6. The Labute approximate surface area is 118 Å². The molecule has 2 atom stereocenters. The van der Waals surface area contributed by atoms with E-state index in [0.29, 0.717) is 13.0 Å². The first-order valence-corrected chi connectivity index (χ1v) is 8.07. The molecule has 6 heteroatoms. The van der Waals surface area contributed by atoms with E-state index in [-0.39, 0.29) is 23.3 Å². The molecular formula is C14H17NO4S. The molecule has 2 aliphatic heterocycles. The molecule has 0 bridgehead atoms. The summed E-state index contributed by atoms with van der Waals surface area (Å²) in [6.07, 6.45) is 0.528. The lowest BCUT2D eigenvalue weighted by Crippen LogP contribution is -2.65. The minimum Gasteiger partial charge on any atom is -0.457 e. The number of fused-ring (bicyclic) bond motifs is 1. The van der Waals surface area contributed by atoms with Gasteiger partial charge in [0.25, 0.3) is 0 Å². The Morgan fingerprint density at radius 2 is 1.95 bits per heavy atom. The molecule has 2 heterocycles. The SMILES string of the molecule is Cc1ccc(S(=O)(=O)N2CC[C@@H]3C(=O)O[C@]3(C)C2)cc1. The number of piperidine rings is 1.